The topological polar surface area (TPSA) is 0 Å². The molecule has 0 heterocycles. The maximum atomic E-state index is 2.48. The molecule has 3 rings (SSSR count). The minimum atomic E-state index is 0.228. The van der Waals surface area contributed by atoms with E-state index < -0.39 is 0 Å². The number of fused-ring (bicyclic) bond motifs is 3. The third-order valence-corrected chi connectivity index (χ3v) is 4.18. The Labute approximate surface area is 110 Å². The molecule has 94 valence electrons. The molecule has 1 aliphatic rings. The summed E-state index contributed by atoms with van der Waals surface area (Å²) in [6, 6.07) is 11.5. The quantitative estimate of drug-likeness (QED) is 0.605. The van der Waals surface area contributed by atoms with Gasteiger partial charge in [0.2, 0.25) is 0 Å². The van der Waals surface area contributed by atoms with Crippen LogP contribution in [-0.4, -0.2) is 0 Å². The molecule has 0 heteroatoms. The van der Waals surface area contributed by atoms with Crippen molar-refractivity contribution >= 4 is 10.8 Å². The monoisotopic (exact) mass is 238 g/mol. The highest BCUT2D eigenvalue weighted by Crippen LogP contribution is 2.36. The first-order chi connectivity index (χ1) is 8.57. The molecule has 0 bridgehead atoms. The molecule has 0 unspecified atom stereocenters. The van der Waals surface area contributed by atoms with Crippen LogP contribution in [0.5, 0.6) is 0 Å². The zero-order valence-corrected chi connectivity index (χ0v) is 11.7. The van der Waals surface area contributed by atoms with Crippen molar-refractivity contribution < 1.29 is 0 Å². The molecule has 0 nitrogen and oxygen atoms in total. The summed E-state index contributed by atoms with van der Waals surface area (Å²) in [4.78, 5) is 0. The van der Waals surface area contributed by atoms with E-state index >= 15 is 0 Å². The summed E-state index contributed by atoms with van der Waals surface area (Å²) in [5.74, 6) is 0. The van der Waals surface area contributed by atoms with Crippen molar-refractivity contribution in [1.29, 1.82) is 0 Å². The molecule has 0 atom stereocenters. The van der Waals surface area contributed by atoms with E-state index in [2.05, 4.69) is 51.1 Å². The molecule has 0 aliphatic heterocycles. The second-order valence-corrected chi connectivity index (χ2v) is 6.56. The summed E-state index contributed by atoms with van der Waals surface area (Å²) in [5.41, 5.74) is 4.96. The second-order valence-electron chi connectivity index (χ2n) is 6.56. The highest BCUT2D eigenvalue weighted by Gasteiger charge is 2.21. The molecule has 2 aromatic rings. The van der Waals surface area contributed by atoms with Crippen LogP contribution >= 0.6 is 0 Å². The van der Waals surface area contributed by atoms with Gasteiger partial charge >= 0.3 is 0 Å². The Hall–Kier alpha value is -1.30. The van der Waals surface area contributed by atoms with Crippen LogP contribution in [0, 0.1) is 0 Å². The molecule has 0 saturated carbocycles. The van der Waals surface area contributed by atoms with Crippen LogP contribution in [0.25, 0.3) is 10.8 Å². The van der Waals surface area contributed by atoms with Crippen LogP contribution in [0.2, 0.25) is 0 Å². The SMILES string of the molecule is CC(C)(C)c1cc2c(c3ccccc13)CCCC2. The Balaban J connectivity index is 2.37. The normalized spacial score (nSPS) is 15.7. The summed E-state index contributed by atoms with van der Waals surface area (Å²) in [6.07, 6.45) is 5.24. The fourth-order valence-corrected chi connectivity index (χ4v) is 3.25. The predicted molar refractivity (Wildman–Crippen MR) is 79.3 cm³/mol. The first-order valence-corrected chi connectivity index (χ1v) is 7.11. The molecule has 0 spiro atoms. The lowest BCUT2D eigenvalue weighted by molar-refractivity contribution is 0.592. The fourth-order valence-electron chi connectivity index (χ4n) is 3.25. The largest absolute Gasteiger partial charge is 0.0616 e. The molecule has 0 N–H and O–H groups in total. The lowest BCUT2D eigenvalue weighted by Crippen LogP contribution is -2.14. The van der Waals surface area contributed by atoms with Crippen molar-refractivity contribution in [3.05, 3.63) is 47.0 Å². The van der Waals surface area contributed by atoms with Gasteiger partial charge in [-0.2, -0.15) is 0 Å². The van der Waals surface area contributed by atoms with Gasteiger partial charge in [0.1, 0.15) is 0 Å². The van der Waals surface area contributed by atoms with Gasteiger partial charge in [-0.15, -0.1) is 0 Å². The molecular formula is C18H22. The van der Waals surface area contributed by atoms with E-state index in [1.165, 1.54) is 42.0 Å². The Kier molecular flexibility index (Phi) is 2.69. The molecule has 0 amide bonds. The van der Waals surface area contributed by atoms with Gasteiger partial charge < -0.3 is 0 Å². The highest BCUT2D eigenvalue weighted by molar-refractivity contribution is 5.90. The fraction of sp³-hybridized carbons (Fsp3) is 0.444. The molecule has 0 fully saturated rings. The van der Waals surface area contributed by atoms with Gasteiger partial charge in [0.05, 0.1) is 0 Å². The lowest BCUT2D eigenvalue weighted by atomic mass is 9.78. The van der Waals surface area contributed by atoms with Crippen molar-refractivity contribution in [3.8, 4) is 0 Å². The summed E-state index contributed by atoms with van der Waals surface area (Å²) in [5, 5.41) is 2.96. The van der Waals surface area contributed by atoms with E-state index in [1.54, 1.807) is 11.1 Å². The van der Waals surface area contributed by atoms with Crippen LogP contribution < -0.4 is 0 Å². The average molecular weight is 238 g/mol. The van der Waals surface area contributed by atoms with Crippen LogP contribution in [0.1, 0.15) is 50.3 Å². The van der Waals surface area contributed by atoms with Crippen LogP contribution in [0.15, 0.2) is 30.3 Å². The summed E-state index contributed by atoms with van der Waals surface area (Å²) >= 11 is 0. The first kappa shape index (κ1) is 11.8. The zero-order valence-electron chi connectivity index (χ0n) is 11.7. The van der Waals surface area contributed by atoms with Gasteiger partial charge in [-0.05, 0) is 58.6 Å². The third kappa shape index (κ3) is 1.84. The van der Waals surface area contributed by atoms with E-state index in [1.807, 2.05) is 0 Å². The number of rotatable bonds is 0. The van der Waals surface area contributed by atoms with Crippen molar-refractivity contribution in [3.63, 3.8) is 0 Å². The lowest BCUT2D eigenvalue weighted by Gasteiger charge is -2.26. The Morgan fingerprint density at radius 1 is 0.889 bits per heavy atom. The number of hydrogen-bond acceptors (Lipinski definition) is 0. The van der Waals surface area contributed by atoms with Crippen molar-refractivity contribution in [2.45, 2.75) is 51.9 Å². The Morgan fingerprint density at radius 2 is 1.56 bits per heavy atom. The maximum Gasteiger partial charge on any atom is -0.0126 e. The van der Waals surface area contributed by atoms with Crippen LogP contribution in [-0.2, 0) is 18.3 Å². The zero-order chi connectivity index (χ0) is 12.8. The van der Waals surface area contributed by atoms with Gasteiger partial charge in [-0.3, -0.25) is 0 Å². The number of benzene rings is 2. The smallest absolute Gasteiger partial charge is 0.0126 e. The first-order valence-electron chi connectivity index (χ1n) is 7.11. The molecule has 0 aromatic heterocycles. The van der Waals surface area contributed by atoms with Crippen LogP contribution in [0.3, 0.4) is 0 Å². The number of aryl methyl sites for hydroxylation is 2. The van der Waals surface area contributed by atoms with Crippen LogP contribution in [0.4, 0.5) is 0 Å². The van der Waals surface area contributed by atoms with Gasteiger partial charge in [-0.1, -0.05) is 51.1 Å². The number of hydrogen-bond donors (Lipinski definition) is 0. The summed E-state index contributed by atoms with van der Waals surface area (Å²) in [6.45, 7) is 6.97. The highest BCUT2D eigenvalue weighted by atomic mass is 14.3. The van der Waals surface area contributed by atoms with E-state index in [4.69, 9.17) is 0 Å². The summed E-state index contributed by atoms with van der Waals surface area (Å²) < 4.78 is 0. The third-order valence-electron chi connectivity index (χ3n) is 4.18. The molecule has 0 radical (unpaired) electrons. The van der Waals surface area contributed by atoms with Crippen molar-refractivity contribution in [1.82, 2.24) is 0 Å². The Bertz CT molecular complexity index is 585. The molecular weight excluding hydrogens is 216 g/mol. The van der Waals surface area contributed by atoms with E-state index in [0.29, 0.717) is 0 Å². The van der Waals surface area contributed by atoms with Gasteiger partial charge in [0.25, 0.3) is 0 Å². The molecule has 0 saturated heterocycles. The van der Waals surface area contributed by atoms with E-state index in [-0.39, 0.29) is 5.41 Å². The minimum absolute atomic E-state index is 0.228. The minimum Gasteiger partial charge on any atom is -0.0616 e. The standard InChI is InChI=1S/C18H22/c1-18(2,3)17-12-13-8-4-5-9-14(13)15-10-6-7-11-16(15)17/h6-7,10-12H,4-5,8-9H2,1-3H3. The van der Waals surface area contributed by atoms with Gasteiger partial charge in [0.15, 0.2) is 0 Å². The van der Waals surface area contributed by atoms with Crippen molar-refractivity contribution in [2.75, 3.05) is 0 Å². The summed E-state index contributed by atoms with van der Waals surface area (Å²) in [7, 11) is 0. The maximum absolute atomic E-state index is 2.48. The van der Waals surface area contributed by atoms with Gasteiger partial charge in [0, 0.05) is 0 Å². The molecule has 18 heavy (non-hydrogen) atoms. The van der Waals surface area contributed by atoms with Gasteiger partial charge in [-0.25, -0.2) is 0 Å². The Morgan fingerprint density at radius 3 is 2.28 bits per heavy atom. The van der Waals surface area contributed by atoms with Crippen molar-refractivity contribution in [2.24, 2.45) is 0 Å². The predicted octanol–water partition coefficient (Wildman–Crippen LogP) is 5.02. The molecule has 2 aromatic carbocycles. The van der Waals surface area contributed by atoms with E-state index in [9.17, 15) is 0 Å². The second kappa shape index (κ2) is 4.12. The van der Waals surface area contributed by atoms with E-state index in [0.717, 1.165) is 0 Å². The molecule has 1 aliphatic carbocycles. The average Bonchev–Trinajstić information content (AvgIpc) is 2.37.